The first kappa shape index (κ1) is 11.6. The van der Waals surface area contributed by atoms with Crippen molar-refractivity contribution >= 4 is 11.6 Å². The largest absolute Gasteiger partial charge is 0.349 e. The molecule has 1 aromatic rings. The topological polar surface area (TPSA) is 72.2 Å². The molecule has 1 aliphatic rings. The predicted octanol–water partition coefficient (Wildman–Crippen LogP) is 2.12. The van der Waals surface area contributed by atoms with E-state index in [1.807, 2.05) is 6.92 Å². The Morgan fingerprint density at radius 1 is 1.53 bits per heavy atom. The molecule has 1 fully saturated rings. The first-order valence-corrected chi connectivity index (χ1v) is 5.63. The Morgan fingerprint density at radius 3 is 2.82 bits per heavy atom. The Balaban J connectivity index is 2.07. The summed E-state index contributed by atoms with van der Waals surface area (Å²) in [5, 5.41) is 13.5. The van der Waals surface area contributed by atoms with Crippen molar-refractivity contribution < 1.29 is 9.72 Å². The molecule has 0 aliphatic heterocycles. The maximum Gasteiger partial charge on any atom is 0.270 e. The minimum absolute atomic E-state index is 0.0586. The third-order valence-electron chi connectivity index (χ3n) is 3.01. The highest BCUT2D eigenvalue weighted by atomic mass is 16.6. The number of hydrogen-bond donors (Lipinski definition) is 1. The zero-order chi connectivity index (χ0) is 12.4. The average molecular weight is 234 g/mol. The highest BCUT2D eigenvalue weighted by molar-refractivity contribution is 5.95. The van der Waals surface area contributed by atoms with Crippen LogP contribution >= 0.6 is 0 Å². The van der Waals surface area contributed by atoms with Gasteiger partial charge < -0.3 is 5.32 Å². The lowest BCUT2D eigenvalue weighted by Crippen LogP contribution is -2.33. The highest BCUT2D eigenvalue weighted by Gasteiger charge is 2.29. The monoisotopic (exact) mass is 234 g/mol. The van der Waals surface area contributed by atoms with Crippen LogP contribution in [0.2, 0.25) is 0 Å². The van der Waals surface area contributed by atoms with E-state index in [4.69, 9.17) is 0 Å². The number of amides is 1. The molecule has 1 unspecified atom stereocenters. The van der Waals surface area contributed by atoms with Gasteiger partial charge >= 0.3 is 0 Å². The summed E-state index contributed by atoms with van der Waals surface area (Å²) in [6.07, 6.45) is 2.30. The molecule has 1 N–H and O–H groups in total. The van der Waals surface area contributed by atoms with Crippen LogP contribution in [0.5, 0.6) is 0 Å². The van der Waals surface area contributed by atoms with Gasteiger partial charge in [-0.1, -0.05) is 6.07 Å². The van der Waals surface area contributed by atoms with Gasteiger partial charge in [0.2, 0.25) is 0 Å². The fourth-order valence-corrected chi connectivity index (χ4v) is 1.76. The second kappa shape index (κ2) is 4.53. The molecule has 0 saturated heterocycles. The van der Waals surface area contributed by atoms with Gasteiger partial charge in [-0.05, 0) is 31.7 Å². The quantitative estimate of drug-likeness (QED) is 0.640. The van der Waals surface area contributed by atoms with E-state index in [1.165, 1.54) is 18.2 Å². The van der Waals surface area contributed by atoms with Crippen LogP contribution in [-0.2, 0) is 0 Å². The SMILES string of the molecule is CC(NC(=O)c1cccc([N+](=O)[O-])c1)C1CC1. The second-order valence-corrected chi connectivity index (χ2v) is 4.41. The Kier molecular flexibility index (Phi) is 3.08. The molecule has 1 atom stereocenters. The molecule has 0 bridgehead atoms. The number of carbonyl (C=O) groups is 1. The minimum Gasteiger partial charge on any atom is -0.349 e. The van der Waals surface area contributed by atoms with Crippen LogP contribution in [0.1, 0.15) is 30.1 Å². The number of carbonyl (C=O) groups excluding carboxylic acids is 1. The molecule has 1 aliphatic carbocycles. The maximum absolute atomic E-state index is 11.8. The lowest BCUT2D eigenvalue weighted by molar-refractivity contribution is -0.384. The van der Waals surface area contributed by atoms with Crippen LogP contribution in [0.15, 0.2) is 24.3 Å². The van der Waals surface area contributed by atoms with E-state index in [2.05, 4.69) is 5.32 Å². The summed E-state index contributed by atoms with van der Waals surface area (Å²) >= 11 is 0. The van der Waals surface area contributed by atoms with Crippen LogP contribution in [0.3, 0.4) is 0 Å². The summed E-state index contributed by atoms with van der Waals surface area (Å²) < 4.78 is 0. The Hall–Kier alpha value is -1.91. The lowest BCUT2D eigenvalue weighted by Gasteiger charge is -2.12. The van der Waals surface area contributed by atoms with Gasteiger partial charge in [-0.25, -0.2) is 0 Å². The summed E-state index contributed by atoms with van der Waals surface area (Å²) in [6.45, 7) is 1.97. The van der Waals surface area contributed by atoms with Gasteiger partial charge in [0.1, 0.15) is 0 Å². The molecule has 0 spiro atoms. The highest BCUT2D eigenvalue weighted by Crippen LogP contribution is 2.32. The molecular weight excluding hydrogens is 220 g/mol. The second-order valence-electron chi connectivity index (χ2n) is 4.41. The normalized spacial score (nSPS) is 16.3. The van der Waals surface area contributed by atoms with E-state index < -0.39 is 4.92 Å². The van der Waals surface area contributed by atoms with Gasteiger partial charge in [0, 0.05) is 23.7 Å². The van der Waals surface area contributed by atoms with Crippen LogP contribution in [0.4, 0.5) is 5.69 Å². The summed E-state index contributed by atoms with van der Waals surface area (Å²) in [7, 11) is 0. The molecule has 5 heteroatoms. The molecule has 0 aromatic heterocycles. The first-order chi connectivity index (χ1) is 8.08. The average Bonchev–Trinajstić information content (AvgIpc) is 3.12. The standard InChI is InChI=1S/C12H14N2O3/c1-8(9-5-6-9)13-12(15)10-3-2-4-11(7-10)14(16)17/h2-4,7-9H,5-6H2,1H3,(H,13,15). The van der Waals surface area contributed by atoms with Gasteiger partial charge in [0.25, 0.3) is 11.6 Å². The summed E-state index contributed by atoms with van der Waals surface area (Å²) in [6, 6.07) is 5.93. The fraction of sp³-hybridized carbons (Fsp3) is 0.417. The molecule has 1 amide bonds. The van der Waals surface area contributed by atoms with Crippen molar-refractivity contribution in [1.82, 2.24) is 5.32 Å². The van der Waals surface area contributed by atoms with Gasteiger partial charge in [-0.2, -0.15) is 0 Å². The Labute approximate surface area is 99.0 Å². The summed E-state index contributed by atoms with van der Waals surface area (Å²) in [4.78, 5) is 21.9. The van der Waals surface area contributed by atoms with Crippen LogP contribution in [-0.4, -0.2) is 16.9 Å². The van der Waals surface area contributed by atoms with E-state index in [0.29, 0.717) is 11.5 Å². The van der Waals surface area contributed by atoms with E-state index in [-0.39, 0.29) is 17.6 Å². The molecular formula is C12H14N2O3. The van der Waals surface area contributed by atoms with Gasteiger partial charge in [0.15, 0.2) is 0 Å². The Morgan fingerprint density at radius 2 is 2.24 bits per heavy atom. The van der Waals surface area contributed by atoms with Crippen molar-refractivity contribution in [1.29, 1.82) is 0 Å². The molecule has 0 radical (unpaired) electrons. The number of benzene rings is 1. The third kappa shape index (κ3) is 2.81. The zero-order valence-electron chi connectivity index (χ0n) is 9.55. The lowest BCUT2D eigenvalue weighted by atomic mass is 10.1. The van der Waals surface area contributed by atoms with Gasteiger partial charge in [0.05, 0.1) is 4.92 Å². The summed E-state index contributed by atoms with van der Waals surface area (Å²) in [5.41, 5.74) is 0.281. The molecule has 1 aromatic carbocycles. The number of nitrogens with zero attached hydrogens (tertiary/aromatic N) is 1. The number of nitro benzene ring substituents is 1. The van der Waals surface area contributed by atoms with Crippen molar-refractivity contribution in [3.05, 3.63) is 39.9 Å². The van der Waals surface area contributed by atoms with Crippen molar-refractivity contribution in [3.8, 4) is 0 Å². The van der Waals surface area contributed by atoms with Crippen molar-refractivity contribution in [3.63, 3.8) is 0 Å². The number of hydrogen-bond acceptors (Lipinski definition) is 3. The predicted molar refractivity (Wildman–Crippen MR) is 62.7 cm³/mol. The number of non-ortho nitro benzene ring substituents is 1. The van der Waals surface area contributed by atoms with Crippen LogP contribution in [0, 0.1) is 16.0 Å². The van der Waals surface area contributed by atoms with Gasteiger partial charge in [-0.15, -0.1) is 0 Å². The van der Waals surface area contributed by atoms with Crippen molar-refractivity contribution in [2.24, 2.45) is 5.92 Å². The van der Waals surface area contributed by atoms with E-state index in [9.17, 15) is 14.9 Å². The molecule has 90 valence electrons. The minimum atomic E-state index is -0.499. The molecule has 5 nitrogen and oxygen atoms in total. The number of nitrogens with one attached hydrogen (secondary N) is 1. The number of rotatable bonds is 4. The van der Waals surface area contributed by atoms with Gasteiger partial charge in [-0.3, -0.25) is 14.9 Å². The third-order valence-corrected chi connectivity index (χ3v) is 3.01. The van der Waals surface area contributed by atoms with Crippen molar-refractivity contribution in [2.45, 2.75) is 25.8 Å². The zero-order valence-corrected chi connectivity index (χ0v) is 9.55. The molecule has 0 heterocycles. The van der Waals surface area contributed by atoms with E-state index in [1.54, 1.807) is 6.07 Å². The van der Waals surface area contributed by atoms with E-state index >= 15 is 0 Å². The summed E-state index contributed by atoms with van der Waals surface area (Å²) in [5.74, 6) is 0.325. The maximum atomic E-state index is 11.8. The smallest absolute Gasteiger partial charge is 0.270 e. The fourth-order valence-electron chi connectivity index (χ4n) is 1.76. The first-order valence-electron chi connectivity index (χ1n) is 5.63. The molecule has 1 saturated carbocycles. The molecule has 17 heavy (non-hydrogen) atoms. The van der Waals surface area contributed by atoms with Crippen LogP contribution < -0.4 is 5.32 Å². The Bertz CT molecular complexity index is 455. The van der Waals surface area contributed by atoms with Crippen molar-refractivity contribution in [2.75, 3.05) is 0 Å². The molecule has 2 rings (SSSR count). The van der Waals surface area contributed by atoms with Crippen LogP contribution in [0.25, 0.3) is 0 Å². The number of nitro groups is 1. The van der Waals surface area contributed by atoms with E-state index in [0.717, 1.165) is 12.8 Å².